The summed E-state index contributed by atoms with van der Waals surface area (Å²) in [6, 6.07) is 0.485. The molecular weight excluding hydrogens is 218 g/mol. The summed E-state index contributed by atoms with van der Waals surface area (Å²) in [6.45, 7) is 7.02. The summed E-state index contributed by atoms with van der Waals surface area (Å²) in [6.07, 6.45) is 9.91. The zero-order valence-corrected chi connectivity index (χ0v) is 12.4. The fraction of sp³-hybridized carbons (Fsp3) is 1.00. The van der Waals surface area contributed by atoms with Gasteiger partial charge >= 0.3 is 0 Å². The molecule has 1 rings (SSSR count). The first-order chi connectivity index (χ1) is 7.29. The minimum absolute atomic E-state index is 0.485. The van der Waals surface area contributed by atoms with Crippen molar-refractivity contribution in [3.05, 3.63) is 0 Å². The number of nitrogens with one attached hydrogen (secondary N) is 1. The molecule has 0 saturated heterocycles. The second kappa shape index (κ2) is 5.18. The SMILES string of the molecule is CCC1(C(C)C)CCC(N[SH](C)(C)=O)CC1. The number of hydrogen-bond donors (Lipinski definition) is 2. The highest BCUT2D eigenvalue weighted by Gasteiger charge is 2.36. The first-order valence-electron chi connectivity index (χ1n) is 6.62. The molecule has 3 heteroatoms. The van der Waals surface area contributed by atoms with Gasteiger partial charge in [0.1, 0.15) is 0 Å². The van der Waals surface area contributed by atoms with Crippen LogP contribution >= 0.6 is 0 Å². The predicted molar refractivity (Wildman–Crippen MR) is 74.3 cm³/mol. The summed E-state index contributed by atoms with van der Waals surface area (Å²) in [4.78, 5) is 0. The van der Waals surface area contributed by atoms with Gasteiger partial charge in [0.2, 0.25) is 0 Å². The fourth-order valence-electron chi connectivity index (χ4n) is 3.10. The Kier molecular flexibility index (Phi) is 4.58. The monoisotopic (exact) mass is 247 g/mol. The molecule has 1 N–H and O–H groups in total. The van der Waals surface area contributed by atoms with Crippen LogP contribution in [0, 0.1) is 11.3 Å². The molecule has 0 radical (unpaired) electrons. The molecule has 0 bridgehead atoms. The molecule has 2 nitrogen and oxygen atoms in total. The Balaban J connectivity index is 2.53. The van der Waals surface area contributed by atoms with E-state index in [0.29, 0.717) is 11.5 Å². The van der Waals surface area contributed by atoms with Crippen LogP contribution in [0.15, 0.2) is 0 Å². The molecule has 1 fully saturated rings. The fourth-order valence-corrected chi connectivity index (χ4v) is 4.24. The van der Waals surface area contributed by atoms with Crippen molar-refractivity contribution in [2.45, 2.75) is 58.9 Å². The second-order valence-corrected chi connectivity index (χ2v) is 9.08. The van der Waals surface area contributed by atoms with Crippen LogP contribution in [0.2, 0.25) is 0 Å². The van der Waals surface area contributed by atoms with Crippen molar-refractivity contribution in [3.8, 4) is 0 Å². The molecule has 0 atom stereocenters. The van der Waals surface area contributed by atoms with Crippen molar-refractivity contribution in [2.75, 3.05) is 12.5 Å². The average molecular weight is 247 g/mol. The molecular formula is C13H29NOS. The van der Waals surface area contributed by atoms with Crippen molar-refractivity contribution >= 4 is 10.1 Å². The largest absolute Gasteiger partial charge is 0.272 e. The third-order valence-electron chi connectivity index (χ3n) is 4.40. The van der Waals surface area contributed by atoms with E-state index in [-0.39, 0.29) is 0 Å². The van der Waals surface area contributed by atoms with Gasteiger partial charge in [-0.3, -0.25) is 8.93 Å². The summed E-state index contributed by atoms with van der Waals surface area (Å²) in [7, 11) is -2.06. The molecule has 16 heavy (non-hydrogen) atoms. The minimum atomic E-state index is -2.06. The van der Waals surface area contributed by atoms with Gasteiger partial charge in [-0.05, 0) is 37.0 Å². The molecule has 1 aliphatic carbocycles. The van der Waals surface area contributed by atoms with E-state index in [2.05, 4.69) is 25.5 Å². The quantitative estimate of drug-likeness (QED) is 0.735. The van der Waals surface area contributed by atoms with Gasteiger partial charge in [0.15, 0.2) is 0 Å². The van der Waals surface area contributed by atoms with E-state index < -0.39 is 10.1 Å². The van der Waals surface area contributed by atoms with Gasteiger partial charge in [0, 0.05) is 18.6 Å². The molecule has 0 aliphatic heterocycles. The topological polar surface area (TPSA) is 29.1 Å². The Morgan fingerprint density at radius 3 is 2.12 bits per heavy atom. The van der Waals surface area contributed by atoms with Gasteiger partial charge < -0.3 is 0 Å². The highest BCUT2D eigenvalue weighted by molar-refractivity contribution is 7.99. The summed E-state index contributed by atoms with van der Waals surface area (Å²) in [5.74, 6) is 0.772. The van der Waals surface area contributed by atoms with Crippen molar-refractivity contribution < 1.29 is 4.21 Å². The van der Waals surface area contributed by atoms with Crippen LogP contribution < -0.4 is 4.72 Å². The molecule has 98 valence electrons. The maximum absolute atomic E-state index is 11.7. The lowest BCUT2D eigenvalue weighted by Gasteiger charge is -2.43. The lowest BCUT2D eigenvalue weighted by Crippen LogP contribution is -2.43. The van der Waals surface area contributed by atoms with Crippen LogP contribution in [0.25, 0.3) is 0 Å². The lowest BCUT2D eigenvalue weighted by atomic mass is 9.64. The van der Waals surface area contributed by atoms with E-state index in [1.807, 2.05) is 12.5 Å². The van der Waals surface area contributed by atoms with Crippen LogP contribution in [-0.4, -0.2) is 22.8 Å². The molecule has 0 aromatic rings. The van der Waals surface area contributed by atoms with Crippen molar-refractivity contribution in [1.29, 1.82) is 0 Å². The summed E-state index contributed by atoms with van der Waals surface area (Å²) < 4.78 is 15.1. The van der Waals surface area contributed by atoms with Crippen LogP contribution in [-0.2, 0) is 10.1 Å². The first-order valence-corrected chi connectivity index (χ1v) is 9.22. The summed E-state index contributed by atoms with van der Waals surface area (Å²) >= 11 is 0. The maximum Gasteiger partial charge on any atom is 0.0176 e. The molecule has 1 aliphatic rings. The van der Waals surface area contributed by atoms with Crippen molar-refractivity contribution in [2.24, 2.45) is 11.3 Å². The zero-order valence-electron chi connectivity index (χ0n) is 11.5. The highest BCUT2D eigenvalue weighted by Crippen LogP contribution is 2.45. The van der Waals surface area contributed by atoms with Gasteiger partial charge in [0.25, 0.3) is 0 Å². The maximum atomic E-state index is 11.7. The smallest absolute Gasteiger partial charge is 0.0176 e. The molecule has 0 amide bonds. The standard InChI is InChI=1S/C13H29NOS/c1-6-13(11(2)3)9-7-12(8-10-13)14-16(4,5)15/h11-12,16H,6-10H2,1-5H3,(H,14,15). The van der Waals surface area contributed by atoms with Crippen LogP contribution in [0.4, 0.5) is 0 Å². The molecule has 0 spiro atoms. The van der Waals surface area contributed by atoms with E-state index in [1.54, 1.807) is 0 Å². The Labute approximate surface area is 102 Å². The van der Waals surface area contributed by atoms with E-state index in [0.717, 1.165) is 5.92 Å². The summed E-state index contributed by atoms with van der Waals surface area (Å²) in [5.41, 5.74) is 0.545. The van der Waals surface area contributed by atoms with Crippen molar-refractivity contribution in [3.63, 3.8) is 0 Å². The van der Waals surface area contributed by atoms with E-state index in [9.17, 15) is 4.21 Å². The molecule has 1 saturated carbocycles. The third kappa shape index (κ3) is 3.56. The normalized spacial score (nSPS) is 33.0. The second-order valence-electron chi connectivity index (χ2n) is 6.12. The van der Waals surface area contributed by atoms with Crippen LogP contribution in [0.1, 0.15) is 52.9 Å². The molecule has 0 aromatic carbocycles. The van der Waals surface area contributed by atoms with Gasteiger partial charge in [-0.25, -0.2) is 0 Å². The van der Waals surface area contributed by atoms with E-state index >= 15 is 0 Å². The average Bonchev–Trinajstić information content (AvgIpc) is 2.16. The number of thiol groups is 1. The van der Waals surface area contributed by atoms with Crippen LogP contribution in [0.3, 0.4) is 0 Å². The Morgan fingerprint density at radius 1 is 1.31 bits per heavy atom. The Hall–Kier alpha value is 0.110. The molecule has 0 aromatic heterocycles. The minimum Gasteiger partial charge on any atom is -0.272 e. The Morgan fingerprint density at radius 2 is 1.81 bits per heavy atom. The van der Waals surface area contributed by atoms with Crippen LogP contribution in [0.5, 0.6) is 0 Å². The lowest BCUT2D eigenvalue weighted by molar-refractivity contribution is 0.100. The van der Waals surface area contributed by atoms with E-state index in [4.69, 9.17) is 0 Å². The number of rotatable bonds is 4. The molecule has 0 heterocycles. The van der Waals surface area contributed by atoms with Gasteiger partial charge in [0.05, 0.1) is 0 Å². The highest BCUT2D eigenvalue weighted by atomic mass is 32.3. The van der Waals surface area contributed by atoms with E-state index in [1.165, 1.54) is 32.1 Å². The van der Waals surface area contributed by atoms with Gasteiger partial charge in [-0.2, -0.15) is 0 Å². The molecule has 0 unspecified atom stereocenters. The summed E-state index contributed by atoms with van der Waals surface area (Å²) in [5, 5.41) is 0. The van der Waals surface area contributed by atoms with Gasteiger partial charge in [-0.1, -0.05) is 37.3 Å². The van der Waals surface area contributed by atoms with Crippen molar-refractivity contribution in [1.82, 2.24) is 4.72 Å². The first kappa shape index (κ1) is 14.2. The Bertz CT molecular complexity index is 261. The number of hydrogen-bond acceptors (Lipinski definition) is 1. The van der Waals surface area contributed by atoms with Gasteiger partial charge in [-0.15, -0.1) is 0 Å². The predicted octanol–water partition coefficient (Wildman–Crippen LogP) is 2.76. The third-order valence-corrected chi connectivity index (χ3v) is 5.39. The zero-order chi connectivity index (χ0) is 12.4.